The average molecular weight is 363 g/mol. The van der Waals surface area contributed by atoms with Gasteiger partial charge < -0.3 is 14.8 Å². The van der Waals surface area contributed by atoms with E-state index in [9.17, 15) is 13.2 Å². The maximum atomic E-state index is 12.1. The van der Waals surface area contributed by atoms with Gasteiger partial charge in [0.25, 0.3) is 5.91 Å². The lowest BCUT2D eigenvalue weighted by molar-refractivity contribution is -0.123. The van der Waals surface area contributed by atoms with E-state index < -0.39 is 9.84 Å². The Kier molecular flexibility index (Phi) is 6.03. The second-order valence-electron chi connectivity index (χ2n) is 5.57. The Hall–Kier alpha value is -2.54. The van der Waals surface area contributed by atoms with E-state index in [1.54, 1.807) is 30.3 Å². The molecule has 0 heterocycles. The van der Waals surface area contributed by atoms with Crippen LogP contribution in [0.15, 0.2) is 53.4 Å². The Labute approximate surface area is 147 Å². The first-order valence-electron chi connectivity index (χ1n) is 7.66. The lowest BCUT2D eigenvalue weighted by Gasteiger charge is -2.15. The quantitative estimate of drug-likeness (QED) is 0.817. The van der Waals surface area contributed by atoms with E-state index >= 15 is 0 Å². The van der Waals surface area contributed by atoms with Gasteiger partial charge in [-0.2, -0.15) is 0 Å². The molecule has 1 amide bonds. The number of hydrogen-bond donors (Lipinski definition) is 1. The Morgan fingerprint density at radius 3 is 2.24 bits per heavy atom. The van der Waals surface area contributed by atoms with E-state index in [2.05, 4.69) is 5.32 Å². The molecular formula is C18H21NO5S. The first kappa shape index (κ1) is 18.8. The fraction of sp³-hybridized carbons (Fsp3) is 0.278. The predicted molar refractivity (Wildman–Crippen MR) is 94.6 cm³/mol. The lowest BCUT2D eigenvalue weighted by atomic mass is 10.1. The molecule has 0 bridgehead atoms. The summed E-state index contributed by atoms with van der Waals surface area (Å²) in [4.78, 5) is 12.3. The van der Waals surface area contributed by atoms with Crippen molar-refractivity contribution in [2.45, 2.75) is 17.9 Å². The van der Waals surface area contributed by atoms with Crippen LogP contribution in [0.4, 0.5) is 0 Å². The minimum atomic E-state index is -3.23. The molecule has 2 aromatic rings. The van der Waals surface area contributed by atoms with Crippen molar-refractivity contribution in [1.29, 1.82) is 0 Å². The molecule has 134 valence electrons. The van der Waals surface area contributed by atoms with Crippen molar-refractivity contribution in [1.82, 2.24) is 5.32 Å². The van der Waals surface area contributed by atoms with Gasteiger partial charge in [-0.05, 0) is 36.8 Å². The van der Waals surface area contributed by atoms with Gasteiger partial charge in [0.15, 0.2) is 27.9 Å². The topological polar surface area (TPSA) is 81.7 Å². The van der Waals surface area contributed by atoms with Crippen LogP contribution < -0.4 is 14.8 Å². The van der Waals surface area contributed by atoms with Crippen molar-refractivity contribution in [2.24, 2.45) is 0 Å². The summed E-state index contributed by atoms with van der Waals surface area (Å²) in [5.74, 6) is 0.760. The third-order valence-corrected chi connectivity index (χ3v) is 4.74. The van der Waals surface area contributed by atoms with E-state index in [0.29, 0.717) is 11.5 Å². The van der Waals surface area contributed by atoms with Crippen LogP contribution in [-0.2, 0) is 14.6 Å². The average Bonchev–Trinajstić information content (AvgIpc) is 2.59. The molecule has 1 N–H and O–H groups in total. The van der Waals surface area contributed by atoms with Gasteiger partial charge in [0.05, 0.1) is 18.0 Å². The van der Waals surface area contributed by atoms with E-state index in [1.807, 2.05) is 13.0 Å². The van der Waals surface area contributed by atoms with Gasteiger partial charge in [-0.3, -0.25) is 4.79 Å². The SMILES string of the molecule is COc1ccccc1OCC(=O)N[C@H](C)c1ccc(S(C)(=O)=O)cc1. The Bertz CT molecular complexity index is 831. The molecule has 0 radical (unpaired) electrons. The highest BCUT2D eigenvalue weighted by molar-refractivity contribution is 7.90. The molecule has 0 aliphatic carbocycles. The van der Waals surface area contributed by atoms with Gasteiger partial charge in [-0.15, -0.1) is 0 Å². The molecule has 0 spiro atoms. The van der Waals surface area contributed by atoms with E-state index in [4.69, 9.17) is 9.47 Å². The zero-order chi connectivity index (χ0) is 18.4. The summed E-state index contributed by atoms with van der Waals surface area (Å²) in [5.41, 5.74) is 0.804. The largest absolute Gasteiger partial charge is 0.493 e. The van der Waals surface area contributed by atoms with Gasteiger partial charge in [0, 0.05) is 6.26 Å². The van der Waals surface area contributed by atoms with Crippen LogP contribution in [0, 0.1) is 0 Å². The van der Waals surface area contributed by atoms with Crippen molar-refractivity contribution in [3.8, 4) is 11.5 Å². The molecule has 0 fully saturated rings. The molecule has 6 nitrogen and oxygen atoms in total. The van der Waals surface area contributed by atoms with Crippen LogP contribution in [0.25, 0.3) is 0 Å². The van der Waals surface area contributed by atoms with E-state index in [1.165, 1.54) is 19.2 Å². The number of ether oxygens (including phenoxy) is 2. The standard InChI is InChI=1S/C18H21NO5S/c1-13(14-8-10-15(11-9-14)25(3,21)22)19-18(20)12-24-17-7-5-4-6-16(17)23-2/h4-11,13H,12H2,1-3H3,(H,19,20)/t13-/m1/s1. The van der Waals surface area contributed by atoms with Gasteiger partial charge in [-0.25, -0.2) is 8.42 Å². The summed E-state index contributed by atoms with van der Waals surface area (Å²) in [6.07, 6.45) is 1.16. The highest BCUT2D eigenvalue weighted by Gasteiger charge is 2.13. The highest BCUT2D eigenvalue weighted by atomic mass is 32.2. The molecule has 2 rings (SSSR count). The number of amides is 1. The number of para-hydroxylation sites is 2. The van der Waals surface area contributed by atoms with E-state index in [0.717, 1.165) is 11.8 Å². The fourth-order valence-corrected chi connectivity index (χ4v) is 2.88. The molecule has 7 heteroatoms. The molecule has 2 aromatic carbocycles. The van der Waals surface area contributed by atoms with Crippen LogP contribution in [0.1, 0.15) is 18.5 Å². The van der Waals surface area contributed by atoms with Crippen molar-refractivity contribution in [3.05, 3.63) is 54.1 Å². The normalized spacial score (nSPS) is 12.3. The zero-order valence-corrected chi connectivity index (χ0v) is 15.2. The number of nitrogens with one attached hydrogen (secondary N) is 1. The monoisotopic (exact) mass is 363 g/mol. The van der Waals surface area contributed by atoms with Crippen molar-refractivity contribution < 1.29 is 22.7 Å². The van der Waals surface area contributed by atoms with Crippen LogP contribution in [0.2, 0.25) is 0 Å². The molecule has 0 aromatic heterocycles. The molecular weight excluding hydrogens is 342 g/mol. The first-order chi connectivity index (χ1) is 11.8. The number of methoxy groups -OCH3 is 1. The minimum absolute atomic E-state index is 0.147. The van der Waals surface area contributed by atoms with E-state index in [-0.39, 0.29) is 23.5 Å². The van der Waals surface area contributed by atoms with Gasteiger partial charge >= 0.3 is 0 Å². The number of rotatable bonds is 7. The summed E-state index contributed by atoms with van der Waals surface area (Å²) < 4.78 is 33.6. The molecule has 1 atom stereocenters. The summed E-state index contributed by atoms with van der Waals surface area (Å²) in [7, 11) is -1.70. The van der Waals surface area contributed by atoms with Crippen LogP contribution >= 0.6 is 0 Å². The summed E-state index contributed by atoms with van der Waals surface area (Å²) in [6, 6.07) is 13.2. The number of hydrogen-bond acceptors (Lipinski definition) is 5. The van der Waals surface area contributed by atoms with Crippen LogP contribution in [-0.4, -0.2) is 34.3 Å². The molecule has 0 aliphatic heterocycles. The molecule has 25 heavy (non-hydrogen) atoms. The van der Waals surface area contributed by atoms with Crippen molar-refractivity contribution in [2.75, 3.05) is 20.0 Å². The lowest BCUT2D eigenvalue weighted by Crippen LogP contribution is -2.31. The minimum Gasteiger partial charge on any atom is -0.493 e. The highest BCUT2D eigenvalue weighted by Crippen LogP contribution is 2.25. The third kappa shape index (κ3) is 5.22. The maximum absolute atomic E-state index is 12.1. The Balaban J connectivity index is 1.93. The fourth-order valence-electron chi connectivity index (χ4n) is 2.25. The van der Waals surface area contributed by atoms with Crippen LogP contribution in [0.5, 0.6) is 11.5 Å². The Morgan fingerprint density at radius 1 is 1.08 bits per heavy atom. The van der Waals surface area contributed by atoms with Crippen molar-refractivity contribution in [3.63, 3.8) is 0 Å². The molecule has 0 aliphatic rings. The first-order valence-corrected chi connectivity index (χ1v) is 9.55. The maximum Gasteiger partial charge on any atom is 0.258 e. The molecule has 0 saturated heterocycles. The third-order valence-electron chi connectivity index (χ3n) is 3.61. The summed E-state index contributed by atoms with van der Waals surface area (Å²) >= 11 is 0. The number of carbonyl (C=O) groups is 1. The van der Waals surface area contributed by atoms with Gasteiger partial charge in [0.1, 0.15) is 0 Å². The van der Waals surface area contributed by atoms with Gasteiger partial charge in [0.2, 0.25) is 0 Å². The summed E-state index contributed by atoms with van der Waals surface area (Å²) in [5, 5.41) is 2.81. The zero-order valence-electron chi connectivity index (χ0n) is 14.4. The van der Waals surface area contributed by atoms with Crippen LogP contribution in [0.3, 0.4) is 0 Å². The number of carbonyl (C=O) groups excluding carboxylic acids is 1. The second-order valence-corrected chi connectivity index (χ2v) is 7.59. The molecule has 0 unspecified atom stereocenters. The Morgan fingerprint density at radius 2 is 1.68 bits per heavy atom. The van der Waals surface area contributed by atoms with Gasteiger partial charge in [-0.1, -0.05) is 24.3 Å². The smallest absolute Gasteiger partial charge is 0.258 e. The van der Waals surface area contributed by atoms with Crippen molar-refractivity contribution >= 4 is 15.7 Å². The summed E-state index contributed by atoms with van der Waals surface area (Å²) in [6.45, 7) is 1.67. The second kappa shape index (κ2) is 8.02. The molecule has 0 saturated carbocycles. The number of benzene rings is 2. The predicted octanol–water partition coefficient (Wildman–Crippen LogP) is 2.35. The number of sulfone groups is 1.